The van der Waals surface area contributed by atoms with Gasteiger partial charge >= 0.3 is 5.69 Å². The zero-order valence-corrected chi connectivity index (χ0v) is 11.3. The molecular formula is C13H14F2N2O4. The molecule has 114 valence electrons. The number of carbonyl (C=O) groups is 1. The molecule has 1 fully saturated rings. The molecule has 0 radical (unpaired) electrons. The van der Waals surface area contributed by atoms with Crippen LogP contribution in [0.2, 0.25) is 0 Å². The number of rotatable bonds is 4. The molecule has 2 unspecified atom stereocenters. The highest BCUT2D eigenvalue weighted by molar-refractivity contribution is 5.95. The van der Waals surface area contributed by atoms with E-state index < -0.39 is 33.7 Å². The van der Waals surface area contributed by atoms with Crippen LogP contribution < -0.4 is 5.32 Å². The van der Waals surface area contributed by atoms with E-state index in [0.29, 0.717) is 18.6 Å². The molecule has 1 aromatic carbocycles. The Balaban J connectivity index is 2.25. The van der Waals surface area contributed by atoms with Gasteiger partial charge < -0.3 is 10.1 Å². The molecule has 8 heteroatoms. The summed E-state index contributed by atoms with van der Waals surface area (Å²) >= 11 is 0. The van der Waals surface area contributed by atoms with E-state index in [1.54, 1.807) is 0 Å². The molecule has 0 heterocycles. The van der Waals surface area contributed by atoms with Gasteiger partial charge in [0.1, 0.15) is 5.82 Å². The maximum absolute atomic E-state index is 13.9. The Labute approximate surface area is 119 Å². The second-order valence-electron chi connectivity index (χ2n) is 4.83. The number of amides is 1. The number of nitro groups is 1. The minimum Gasteiger partial charge on any atom is -0.379 e. The average Bonchev–Trinajstić information content (AvgIpc) is 2.87. The summed E-state index contributed by atoms with van der Waals surface area (Å²) in [7, 11) is 1.50. The first kappa shape index (κ1) is 15.3. The third-order valence-electron chi connectivity index (χ3n) is 3.53. The van der Waals surface area contributed by atoms with Gasteiger partial charge in [-0.3, -0.25) is 14.9 Å². The van der Waals surface area contributed by atoms with Crippen LogP contribution >= 0.6 is 0 Å². The molecule has 2 rings (SSSR count). The second kappa shape index (κ2) is 6.13. The SMILES string of the molecule is COC1CCCC1NC(=O)c1cc(F)cc([N+](=O)[O-])c1F. The molecule has 0 spiro atoms. The number of nitro benzene ring substituents is 1. The molecule has 0 aromatic heterocycles. The molecule has 2 atom stereocenters. The number of ether oxygens (including phenoxy) is 1. The zero-order valence-electron chi connectivity index (χ0n) is 11.3. The molecule has 1 aliphatic carbocycles. The number of hydrogen-bond donors (Lipinski definition) is 1. The summed E-state index contributed by atoms with van der Waals surface area (Å²) in [5.74, 6) is -3.27. The summed E-state index contributed by atoms with van der Waals surface area (Å²) in [5.41, 5.74) is -1.74. The van der Waals surface area contributed by atoms with Crippen LogP contribution in [-0.2, 0) is 4.74 Å². The summed E-state index contributed by atoms with van der Waals surface area (Å²) < 4.78 is 32.4. The van der Waals surface area contributed by atoms with E-state index in [4.69, 9.17) is 4.74 Å². The summed E-state index contributed by atoms with van der Waals surface area (Å²) in [6.07, 6.45) is 2.06. The van der Waals surface area contributed by atoms with E-state index >= 15 is 0 Å². The van der Waals surface area contributed by atoms with Gasteiger partial charge in [0.15, 0.2) is 0 Å². The van der Waals surface area contributed by atoms with E-state index in [-0.39, 0.29) is 12.1 Å². The predicted molar refractivity (Wildman–Crippen MR) is 68.9 cm³/mol. The highest BCUT2D eigenvalue weighted by Gasteiger charge is 2.31. The Morgan fingerprint density at radius 3 is 2.76 bits per heavy atom. The minimum atomic E-state index is -1.34. The van der Waals surface area contributed by atoms with Crippen LogP contribution in [0.25, 0.3) is 0 Å². The largest absolute Gasteiger partial charge is 0.379 e. The third-order valence-corrected chi connectivity index (χ3v) is 3.53. The van der Waals surface area contributed by atoms with Crippen molar-refractivity contribution < 1.29 is 23.2 Å². The number of hydrogen-bond acceptors (Lipinski definition) is 4. The van der Waals surface area contributed by atoms with Gasteiger partial charge in [0.05, 0.1) is 28.7 Å². The Hall–Kier alpha value is -2.09. The van der Waals surface area contributed by atoms with Crippen molar-refractivity contribution in [3.05, 3.63) is 39.4 Å². The van der Waals surface area contributed by atoms with E-state index in [1.165, 1.54) is 7.11 Å². The quantitative estimate of drug-likeness (QED) is 0.682. The van der Waals surface area contributed by atoms with Crippen molar-refractivity contribution in [3.8, 4) is 0 Å². The van der Waals surface area contributed by atoms with Crippen LogP contribution in [0.3, 0.4) is 0 Å². The Morgan fingerprint density at radius 2 is 2.14 bits per heavy atom. The van der Waals surface area contributed by atoms with Crippen LogP contribution in [0.5, 0.6) is 0 Å². The molecule has 1 aliphatic rings. The van der Waals surface area contributed by atoms with E-state index in [2.05, 4.69) is 5.32 Å². The lowest BCUT2D eigenvalue weighted by atomic mass is 10.1. The number of nitrogens with one attached hydrogen (secondary N) is 1. The molecule has 0 bridgehead atoms. The minimum absolute atomic E-state index is 0.194. The third kappa shape index (κ3) is 3.15. The van der Waals surface area contributed by atoms with Crippen molar-refractivity contribution >= 4 is 11.6 Å². The van der Waals surface area contributed by atoms with Crippen molar-refractivity contribution in [1.82, 2.24) is 5.32 Å². The van der Waals surface area contributed by atoms with Crippen molar-refractivity contribution in [3.63, 3.8) is 0 Å². The highest BCUT2D eigenvalue weighted by Crippen LogP contribution is 2.25. The standard InChI is InChI=1S/C13H14F2N2O4/c1-21-11-4-2-3-9(11)16-13(18)8-5-7(14)6-10(12(8)15)17(19)20/h5-6,9,11H,2-4H2,1H3,(H,16,18). The molecule has 1 saturated carbocycles. The summed E-state index contributed by atoms with van der Waals surface area (Å²) in [6, 6.07) is 0.776. The lowest BCUT2D eigenvalue weighted by molar-refractivity contribution is -0.387. The fraction of sp³-hybridized carbons (Fsp3) is 0.462. The topological polar surface area (TPSA) is 81.5 Å². The van der Waals surface area contributed by atoms with Gasteiger partial charge in [-0.05, 0) is 25.3 Å². The van der Waals surface area contributed by atoms with Crippen LogP contribution in [0.15, 0.2) is 12.1 Å². The molecule has 6 nitrogen and oxygen atoms in total. The summed E-state index contributed by atoms with van der Waals surface area (Å²) in [5, 5.41) is 13.2. The maximum Gasteiger partial charge on any atom is 0.308 e. The van der Waals surface area contributed by atoms with Gasteiger partial charge in [-0.1, -0.05) is 0 Å². The number of halogens is 2. The first-order valence-corrected chi connectivity index (χ1v) is 6.41. The van der Waals surface area contributed by atoms with E-state index in [9.17, 15) is 23.7 Å². The highest BCUT2D eigenvalue weighted by atomic mass is 19.1. The molecule has 1 amide bonds. The zero-order chi connectivity index (χ0) is 15.6. The second-order valence-corrected chi connectivity index (χ2v) is 4.83. The fourth-order valence-electron chi connectivity index (χ4n) is 2.49. The Kier molecular flexibility index (Phi) is 4.46. The molecule has 1 aromatic rings. The van der Waals surface area contributed by atoms with Crippen molar-refractivity contribution in [1.29, 1.82) is 0 Å². The fourth-order valence-corrected chi connectivity index (χ4v) is 2.49. The first-order chi connectivity index (χ1) is 9.93. The van der Waals surface area contributed by atoms with Gasteiger partial charge in [-0.25, -0.2) is 4.39 Å². The van der Waals surface area contributed by atoms with Gasteiger partial charge in [0.25, 0.3) is 5.91 Å². The van der Waals surface area contributed by atoms with Gasteiger partial charge in [-0.2, -0.15) is 4.39 Å². The number of nitrogens with zero attached hydrogens (tertiary/aromatic N) is 1. The maximum atomic E-state index is 13.9. The molecule has 0 saturated heterocycles. The molecular weight excluding hydrogens is 286 g/mol. The first-order valence-electron chi connectivity index (χ1n) is 6.41. The number of carbonyl (C=O) groups excluding carboxylic acids is 1. The predicted octanol–water partition coefficient (Wildman–Crippen LogP) is 2.17. The monoisotopic (exact) mass is 300 g/mol. The Morgan fingerprint density at radius 1 is 1.43 bits per heavy atom. The summed E-state index contributed by atoms with van der Waals surface area (Å²) in [6.45, 7) is 0. The van der Waals surface area contributed by atoms with Gasteiger partial charge in [-0.15, -0.1) is 0 Å². The smallest absolute Gasteiger partial charge is 0.308 e. The number of methoxy groups -OCH3 is 1. The van der Waals surface area contributed by atoms with Crippen LogP contribution in [0, 0.1) is 21.7 Å². The average molecular weight is 300 g/mol. The van der Waals surface area contributed by atoms with Gasteiger partial charge in [0.2, 0.25) is 5.82 Å². The van der Waals surface area contributed by atoms with Crippen LogP contribution in [0.1, 0.15) is 29.6 Å². The van der Waals surface area contributed by atoms with E-state index in [0.717, 1.165) is 12.8 Å². The van der Waals surface area contributed by atoms with Crippen LogP contribution in [0.4, 0.5) is 14.5 Å². The molecule has 21 heavy (non-hydrogen) atoms. The lowest BCUT2D eigenvalue weighted by Gasteiger charge is -2.19. The normalized spacial score (nSPS) is 21.3. The lowest BCUT2D eigenvalue weighted by Crippen LogP contribution is -2.41. The van der Waals surface area contributed by atoms with Gasteiger partial charge in [0, 0.05) is 7.11 Å². The summed E-state index contributed by atoms with van der Waals surface area (Å²) in [4.78, 5) is 21.6. The van der Waals surface area contributed by atoms with Crippen LogP contribution in [-0.4, -0.2) is 30.1 Å². The number of benzene rings is 1. The van der Waals surface area contributed by atoms with Crippen molar-refractivity contribution in [2.45, 2.75) is 31.4 Å². The molecule has 0 aliphatic heterocycles. The van der Waals surface area contributed by atoms with Crippen molar-refractivity contribution in [2.75, 3.05) is 7.11 Å². The van der Waals surface area contributed by atoms with E-state index in [1.807, 2.05) is 0 Å². The molecule has 1 N–H and O–H groups in total. The Bertz CT molecular complexity index is 580. The van der Waals surface area contributed by atoms with Crippen molar-refractivity contribution in [2.24, 2.45) is 0 Å².